The minimum Gasteiger partial charge on any atom is -0.378 e. The van der Waals surface area contributed by atoms with E-state index in [4.69, 9.17) is 21.3 Å². The van der Waals surface area contributed by atoms with Gasteiger partial charge in [0.05, 0.1) is 18.9 Å². The number of hydrogen-bond acceptors (Lipinski definition) is 6. The van der Waals surface area contributed by atoms with E-state index in [-0.39, 0.29) is 0 Å². The van der Waals surface area contributed by atoms with Crippen LogP contribution in [-0.2, 0) is 4.74 Å². The van der Waals surface area contributed by atoms with E-state index in [0.29, 0.717) is 30.0 Å². The number of aryl methyl sites for hydroxylation is 2. The van der Waals surface area contributed by atoms with Gasteiger partial charge in [-0.1, -0.05) is 11.6 Å². The Bertz CT molecular complexity index is 934. The lowest BCUT2D eigenvalue weighted by atomic mass is 10.3. The fraction of sp³-hybridized carbons (Fsp3) is 0.316. The lowest BCUT2D eigenvalue weighted by molar-refractivity contribution is 0.122. The number of ether oxygens (including phenoxy) is 1. The summed E-state index contributed by atoms with van der Waals surface area (Å²) in [6.45, 7) is 6.94. The smallest absolute Gasteiger partial charge is 0.254 e. The Hall–Kier alpha value is -2.64. The van der Waals surface area contributed by atoms with Gasteiger partial charge in [-0.05, 0) is 44.2 Å². The first kappa shape index (κ1) is 17.8. The number of nitrogens with one attached hydrogen (secondary N) is 1. The molecule has 1 N–H and O–H groups in total. The van der Waals surface area contributed by atoms with Crippen LogP contribution in [0.15, 0.2) is 36.4 Å². The van der Waals surface area contributed by atoms with Crippen molar-refractivity contribution < 1.29 is 4.74 Å². The number of rotatable bonds is 4. The second-order valence-electron chi connectivity index (χ2n) is 6.48. The van der Waals surface area contributed by atoms with Crippen LogP contribution in [-0.4, -0.2) is 46.1 Å². The lowest BCUT2D eigenvalue weighted by Gasteiger charge is -2.28. The van der Waals surface area contributed by atoms with E-state index >= 15 is 0 Å². The quantitative estimate of drug-likeness (QED) is 0.742. The summed E-state index contributed by atoms with van der Waals surface area (Å²) in [7, 11) is 0. The molecule has 140 valence electrons. The van der Waals surface area contributed by atoms with Gasteiger partial charge in [-0.3, -0.25) is 0 Å². The molecule has 4 rings (SSSR count). The van der Waals surface area contributed by atoms with Gasteiger partial charge in [0.25, 0.3) is 5.95 Å². The number of nitrogens with zero attached hydrogens (tertiary/aromatic N) is 5. The Kier molecular flexibility index (Phi) is 4.96. The highest BCUT2D eigenvalue weighted by Gasteiger charge is 2.17. The van der Waals surface area contributed by atoms with Gasteiger partial charge < -0.3 is 15.0 Å². The molecule has 1 aliphatic rings. The number of aromatic nitrogens is 4. The maximum Gasteiger partial charge on any atom is 0.254 e. The maximum atomic E-state index is 5.98. The Balaban J connectivity index is 1.73. The van der Waals surface area contributed by atoms with E-state index < -0.39 is 0 Å². The van der Waals surface area contributed by atoms with E-state index in [2.05, 4.69) is 20.3 Å². The van der Waals surface area contributed by atoms with Crippen LogP contribution in [0.5, 0.6) is 0 Å². The van der Waals surface area contributed by atoms with Gasteiger partial charge >= 0.3 is 0 Å². The van der Waals surface area contributed by atoms with Crippen LogP contribution in [0.1, 0.15) is 11.4 Å². The standard InChI is InChI=1S/C19H21ClN6O/c1-13-11-14(2)26(24-13)19-22-17(21-16-5-3-15(20)4-6-16)12-18(23-19)25-7-9-27-10-8-25/h3-6,11-12H,7-10H2,1-2H3,(H,21,22,23). The molecular weight excluding hydrogens is 364 g/mol. The second kappa shape index (κ2) is 7.54. The summed E-state index contributed by atoms with van der Waals surface area (Å²) in [4.78, 5) is 11.6. The zero-order chi connectivity index (χ0) is 18.8. The van der Waals surface area contributed by atoms with Gasteiger partial charge in [0.1, 0.15) is 11.6 Å². The van der Waals surface area contributed by atoms with Crippen molar-refractivity contribution in [2.45, 2.75) is 13.8 Å². The third-order valence-electron chi connectivity index (χ3n) is 4.35. The monoisotopic (exact) mass is 384 g/mol. The van der Waals surface area contributed by atoms with Crippen molar-refractivity contribution >= 4 is 28.9 Å². The molecule has 0 spiro atoms. The van der Waals surface area contributed by atoms with Crippen molar-refractivity contribution in [2.75, 3.05) is 36.5 Å². The fourth-order valence-electron chi connectivity index (χ4n) is 3.05. The van der Waals surface area contributed by atoms with Crippen LogP contribution in [0.25, 0.3) is 5.95 Å². The molecule has 3 aromatic rings. The molecule has 0 radical (unpaired) electrons. The molecule has 0 saturated carbocycles. The van der Waals surface area contributed by atoms with Crippen molar-refractivity contribution in [3.05, 3.63) is 52.8 Å². The normalized spacial score (nSPS) is 14.4. The molecule has 1 aromatic carbocycles. The van der Waals surface area contributed by atoms with Crippen LogP contribution in [0.4, 0.5) is 17.3 Å². The van der Waals surface area contributed by atoms with Crippen LogP contribution >= 0.6 is 11.6 Å². The van der Waals surface area contributed by atoms with Crippen LogP contribution < -0.4 is 10.2 Å². The number of anilines is 3. The summed E-state index contributed by atoms with van der Waals surface area (Å²) in [5, 5.41) is 8.56. The molecule has 7 nitrogen and oxygen atoms in total. The Labute approximate surface area is 163 Å². The van der Waals surface area contributed by atoms with E-state index in [1.54, 1.807) is 4.68 Å². The van der Waals surface area contributed by atoms with Crippen LogP contribution in [0.3, 0.4) is 0 Å². The average Bonchev–Trinajstić information content (AvgIpc) is 3.02. The predicted molar refractivity (Wildman–Crippen MR) is 106 cm³/mol. The number of hydrogen-bond donors (Lipinski definition) is 1. The van der Waals surface area contributed by atoms with Crippen molar-refractivity contribution in [3.63, 3.8) is 0 Å². The zero-order valence-electron chi connectivity index (χ0n) is 15.3. The first-order chi connectivity index (χ1) is 13.1. The summed E-state index contributed by atoms with van der Waals surface area (Å²) in [6, 6.07) is 11.5. The highest BCUT2D eigenvalue weighted by Crippen LogP contribution is 2.23. The van der Waals surface area contributed by atoms with Gasteiger partial charge in [0.15, 0.2) is 0 Å². The minimum atomic E-state index is 0.543. The topological polar surface area (TPSA) is 68.1 Å². The van der Waals surface area contributed by atoms with E-state index in [9.17, 15) is 0 Å². The zero-order valence-corrected chi connectivity index (χ0v) is 16.1. The van der Waals surface area contributed by atoms with E-state index in [0.717, 1.165) is 36.0 Å². The van der Waals surface area contributed by atoms with Gasteiger partial charge in [0, 0.05) is 35.6 Å². The van der Waals surface area contributed by atoms with Gasteiger partial charge in [-0.25, -0.2) is 4.68 Å². The van der Waals surface area contributed by atoms with Crippen LogP contribution in [0, 0.1) is 13.8 Å². The molecule has 0 bridgehead atoms. The highest BCUT2D eigenvalue weighted by molar-refractivity contribution is 6.30. The molecule has 0 amide bonds. The molecule has 2 aromatic heterocycles. The fourth-order valence-corrected chi connectivity index (χ4v) is 3.17. The third kappa shape index (κ3) is 4.04. The molecule has 8 heteroatoms. The van der Waals surface area contributed by atoms with Crippen molar-refractivity contribution in [1.82, 2.24) is 19.7 Å². The van der Waals surface area contributed by atoms with E-state index in [1.165, 1.54) is 0 Å². The first-order valence-corrected chi connectivity index (χ1v) is 9.24. The number of halogens is 1. The molecule has 1 fully saturated rings. The molecular formula is C19H21ClN6O. The molecule has 3 heterocycles. The van der Waals surface area contributed by atoms with E-state index in [1.807, 2.05) is 50.2 Å². The largest absolute Gasteiger partial charge is 0.378 e. The van der Waals surface area contributed by atoms with Gasteiger partial charge in [-0.2, -0.15) is 15.1 Å². The Morgan fingerprint density at radius 3 is 2.44 bits per heavy atom. The molecule has 1 saturated heterocycles. The molecule has 0 aliphatic carbocycles. The molecule has 0 atom stereocenters. The lowest BCUT2D eigenvalue weighted by Crippen LogP contribution is -2.37. The SMILES string of the molecule is Cc1cc(C)n(-c2nc(Nc3ccc(Cl)cc3)cc(N3CCOCC3)n2)n1. The van der Waals surface area contributed by atoms with Crippen LogP contribution in [0.2, 0.25) is 5.02 Å². The highest BCUT2D eigenvalue weighted by atomic mass is 35.5. The summed E-state index contributed by atoms with van der Waals surface area (Å²) in [5.74, 6) is 2.10. The Morgan fingerprint density at radius 1 is 1.04 bits per heavy atom. The maximum absolute atomic E-state index is 5.98. The first-order valence-electron chi connectivity index (χ1n) is 8.86. The predicted octanol–water partition coefficient (Wildman–Crippen LogP) is 3.51. The van der Waals surface area contributed by atoms with Crippen molar-refractivity contribution in [3.8, 4) is 5.95 Å². The number of benzene rings is 1. The second-order valence-corrected chi connectivity index (χ2v) is 6.92. The summed E-state index contributed by atoms with van der Waals surface area (Å²) in [5.41, 5.74) is 2.83. The molecule has 27 heavy (non-hydrogen) atoms. The number of morpholine rings is 1. The molecule has 1 aliphatic heterocycles. The third-order valence-corrected chi connectivity index (χ3v) is 4.60. The van der Waals surface area contributed by atoms with Gasteiger partial charge in [-0.15, -0.1) is 0 Å². The summed E-state index contributed by atoms with van der Waals surface area (Å²) >= 11 is 5.98. The minimum absolute atomic E-state index is 0.543. The van der Waals surface area contributed by atoms with Crippen molar-refractivity contribution in [2.24, 2.45) is 0 Å². The van der Waals surface area contributed by atoms with Gasteiger partial charge in [0.2, 0.25) is 0 Å². The summed E-state index contributed by atoms with van der Waals surface area (Å²) in [6.07, 6.45) is 0. The molecule has 0 unspecified atom stereocenters. The van der Waals surface area contributed by atoms with Crippen molar-refractivity contribution in [1.29, 1.82) is 0 Å². The Morgan fingerprint density at radius 2 is 1.78 bits per heavy atom. The average molecular weight is 385 g/mol. The summed E-state index contributed by atoms with van der Waals surface area (Å²) < 4.78 is 7.24.